The molecule has 1 aromatic carbocycles. The first-order chi connectivity index (χ1) is 13.7. The number of hydrogen-bond acceptors (Lipinski definition) is 6. The molecule has 8 heteroatoms. The number of rotatable bonds is 8. The molecule has 0 saturated carbocycles. The second-order valence-corrected chi connectivity index (χ2v) is 12.7. The second kappa shape index (κ2) is 10.5. The Morgan fingerprint density at radius 2 is 1.63 bits per heavy atom. The molecule has 0 radical (unpaired) electrons. The molecule has 0 spiro atoms. The van der Waals surface area contributed by atoms with Crippen LogP contribution >= 0.6 is 7.37 Å². The fourth-order valence-electron chi connectivity index (χ4n) is 2.83. The lowest BCUT2D eigenvalue weighted by Crippen LogP contribution is -2.47. The quantitative estimate of drug-likeness (QED) is 0.452. The topological polar surface area (TPSA) is 90.9 Å². The molecule has 1 N–H and O–H groups in total. The van der Waals surface area contributed by atoms with Crippen LogP contribution in [0.15, 0.2) is 30.3 Å². The van der Waals surface area contributed by atoms with E-state index in [-0.39, 0.29) is 12.8 Å². The largest absolute Gasteiger partial charge is 0.467 e. The number of methoxy groups -OCH3 is 1. The molecule has 0 aliphatic rings. The Balaban J connectivity index is 2.94. The van der Waals surface area contributed by atoms with Crippen molar-refractivity contribution in [1.82, 2.24) is 5.32 Å². The van der Waals surface area contributed by atoms with Gasteiger partial charge in [-0.2, -0.15) is 0 Å². The summed E-state index contributed by atoms with van der Waals surface area (Å²) in [6, 6.07) is 8.20. The van der Waals surface area contributed by atoms with E-state index in [1.54, 1.807) is 6.92 Å². The van der Waals surface area contributed by atoms with Crippen LogP contribution in [0.1, 0.15) is 54.0 Å². The Morgan fingerprint density at radius 3 is 2.10 bits per heavy atom. The van der Waals surface area contributed by atoms with Crippen molar-refractivity contribution in [3.63, 3.8) is 0 Å². The summed E-state index contributed by atoms with van der Waals surface area (Å²) >= 11 is 0. The first-order valence-electron chi connectivity index (χ1n) is 10.0. The molecule has 0 fully saturated rings. The summed E-state index contributed by atoms with van der Waals surface area (Å²) in [5.41, 5.74) is 0.205. The van der Waals surface area contributed by atoms with Crippen LogP contribution in [0.5, 0.6) is 0 Å². The lowest BCUT2D eigenvalue weighted by Gasteiger charge is -2.38. The van der Waals surface area contributed by atoms with Gasteiger partial charge in [-0.15, -0.1) is 0 Å². The van der Waals surface area contributed by atoms with Gasteiger partial charge in [-0.1, -0.05) is 58.0 Å². The smallest absolute Gasteiger partial charge is 0.408 e. The highest BCUT2D eigenvalue weighted by Gasteiger charge is 2.44. The maximum atomic E-state index is 13.8. The van der Waals surface area contributed by atoms with Gasteiger partial charge in [0.05, 0.1) is 12.7 Å². The minimum absolute atomic E-state index is 0.0720. The van der Waals surface area contributed by atoms with Crippen LogP contribution in [0.3, 0.4) is 0 Å². The third-order valence-corrected chi connectivity index (χ3v) is 8.43. The third-order valence-electron chi connectivity index (χ3n) is 4.48. The SMILES string of the molecule is COC(=O)[C@@H](NC(=O)OCc1ccccc1)[C@@H](C)CP(=O)(OC(C)(C)C)C(C)(C)C. The highest BCUT2D eigenvalue weighted by molar-refractivity contribution is 7.60. The van der Waals surface area contributed by atoms with Gasteiger partial charge in [0.15, 0.2) is 0 Å². The van der Waals surface area contributed by atoms with Gasteiger partial charge in [0.25, 0.3) is 0 Å². The molecule has 1 aromatic rings. The molecule has 1 rings (SSSR count). The lowest BCUT2D eigenvalue weighted by molar-refractivity contribution is -0.144. The highest BCUT2D eigenvalue weighted by Crippen LogP contribution is 2.62. The standard InChI is InChI=1S/C22H36NO6P/c1-16(15-30(26,22(5,6)7)29-21(2,3)4)18(19(24)27-8)23-20(25)28-14-17-12-10-9-11-13-17/h9-13,16,18H,14-15H2,1-8H3,(H,23,25)/t16-,18-,30?/m0/s1. The maximum absolute atomic E-state index is 13.8. The van der Waals surface area contributed by atoms with E-state index in [4.69, 9.17) is 14.0 Å². The summed E-state index contributed by atoms with van der Waals surface area (Å²) in [5, 5.41) is 1.93. The molecule has 170 valence electrons. The number of esters is 1. The fraction of sp³-hybridized carbons (Fsp3) is 0.636. The van der Waals surface area contributed by atoms with Crippen molar-refractivity contribution in [3.05, 3.63) is 35.9 Å². The summed E-state index contributed by atoms with van der Waals surface area (Å²) in [5.74, 6) is -1.13. The zero-order valence-electron chi connectivity index (χ0n) is 19.4. The van der Waals surface area contributed by atoms with Crippen LogP contribution in [0, 0.1) is 5.92 Å². The number of alkyl carbamates (subject to hydrolysis) is 1. The number of benzene rings is 1. The molecule has 0 bridgehead atoms. The summed E-state index contributed by atoms with van der Waals surface area (Å²) < 4.78 is 29.8. The van der Waals surface area contributed by atoms with Gasteiger partial charge < -0.3 is 19.3 Å². The normalized spacial score (nSPS) is 16.1. The summed E-state index contributed by atoms with van der Waals surface area (Å²) in [6.07, 6.45) is -0.643. The Bertz CT molecular complexity index is 751. The first-order valence-corrected chi connectivity index (χ1v) is 11.8. The van der Waals surface area contributed by atoms with Crippen molar-refractivity contribution in [2.24, 2.45) is 5.92 Å². The van der Waals surface area contributed by atoms with Crippen molar-refractivity contribution >= 4 is 19.4 Å². The average molecular weight is 442 g/mol. The average Bonchev–Trinajstić information content (AvgIpc) is 2.62. The molecule has 1 amide bonds. The van der Waals surface area contributed by atoms with Gasteiger partial charge in [0.1, 0.15) is 12.6 Å². The van der Waals surface area contributed by atoms with Gasteiger partial charge in [-0.05, 0) is 32.3 Å². The van der Waals surface area contributed by atoms with Crippen LogP contribution in [0.2, 0.25) is 0 Å². The van der Waals surface area contributed by atoms with Crippen LogP contribution in [0.4, 0.5) is 4.79 Å². The van der Waals surface area contributed by atoms with Gasteiger partial charge in [-0.3, -0.25) is 4.57 Å². The van der Waals surface area contributed by atoms with Crippen molar-refractivity contribution in [1.29, 1.82) is 0 Å². The number of hydrogen-bond donors (Lipinski definition) is 1. The number of amides is 1. The van der Waals surface area contributed by atoms with Gasteiger partial charge in [-0.25, -0.2) is 9.59 Å². The van der Waals surface area contributed by atoms with Crippen LogP contribution in [-0.4, -0.2) is 42.1 Å². The summed E-state index contributed by atoms with van der Waals surface area (Å²) in [6.45, 7) is 12.9. The number of carbonyl (C=O) groups excluding carboxylic acids is 2. The summed E-state index contributed by atoms with van der Waals surface area (Å²) in [7, 11) is -1.95. The molecule has 30 heavy (non-hydrogen) atoms. The number of nitrogens with one attached hydrogen (secondary N) is 1. The van der Waals surface area contributed by atoms with E-state index in [0.29, 0.717) is 0 Å². The monoisotopic (exact) mass is 441 g/mol. The minimum atomic E-state index is -3.19. The molecular weight excluding hydrogens is 405 g/mol. The molecule has 3 atom stereocenters. The zero-order chi connectivity index (χ0) is 23.2. The molecule has 1 unspecified atom stereocenters. The van der Waals surface area contributed by atoms with E-state index in [0.717, 1.165) is 5.56 Å². The first kappa shape index (κ1) is 26.2. The Hall–Kier alpha value is -1.85. The van der Waals surface area contributed by atoms with Crippen molar-refractivity contribution in [2.45, 2.75) is 71.9 Å². The predicted octanol–water partition coefficient (Wildman–Crippen LogP) is 4.98. The Morgan fingerprint density at radius 1 is 1.07 bits per heavy atom. The van der Waals surface area contributed by atoms with E-state index in [2.05, 4.69) is 5.32 Å². The third kappa shape index (κ3) is 8.11. The molecule has 0 saturated heterocycles. The highest BCUT2D eigenvalue weighted by atomic mass is 31.2. The van der Waals surface area contributed by atoms with E-state index in [1.807, 2.05) is 71.9 Å². The molecule has 7 nitrogen and oxygen atoms in total. The molecule has 0 aliphatic carbocycles. The van der Waals surface area contributed by atoms with Crippen molar-refractivity contribution in [2.75, 3.05) is 13.3 Å². The van der Waals surface area contributed by atoms with E-state index >= 15 is 0 Å². The van der Waals surface area contributed by atoms with Gasteiger partial charge in [0.2, 0.25) is 7.37 Å². The Kier molecular flexibility index (Phi) is 9.12. The van der Waals surface area contributed by atoms with E-state index in [1.165, 1.54) is 7.11 Å². The van der Waals surface area contributed by atoms with Crippen LogP contribution < -0.4 is 5.32 Å². The summed E-state index contributed by atoms with van der Waals surface area (Å²) in [4.78, 5) is 24.7. The molecular formula is C22H36NO6P. The second-order valence-electron chi connectivity index (χ2n) is 9.41. The number of carbonyl (C=O) groups is 2. The molecule has 0 aromatic heterocycles. The number of ether oxygens (including phenoxy) is 2. The zero-order valence-corrected chi connectivity index (χ0v) is 20.2. The van der Waals surface area contributed by atoms with E-state index in [9.17, 15) is 14.2 Å². The Labute approximate surface area is 180 Å². The molecule has 0 heterocycles. The van der Waals surface area contributed by atoms with Gasteiger partial charge in [0, 0.05) is 11.3 Å². The van der Waals surface area contributed by atoms with Gasteiger partial charge >= 0.3 is 12.1 Å². The van der Waals surface area contributed by atoms with Crippen molar-refractivity contribution in [3.8, 4) is 0 Å². The fourth-order valence-corrected chi connectivity index (χ4v) is 5.58. The molecule has 0 aliphatic heterocycles. The van der Waals surface area contributed by atoms with Crippen LogP contribution in [-0.2, 0) is 30.0 Å². The van der Waals surface area contributed by atoms with Crippen molar-refractivity contribution < 1.29 is 28.2 Å². The predicted molar refractivity (Wildman–Crippen MR) is 118 cm³/mol. The lowest BCUT2D eigenvalue weighted by atomic mass is 10.0. The van der Waals surface area contributed by atoms with E-state index < -0.39 is 42.1 Å². The maximum Gasteiger partial charge on any atom is 0.408 e. The minimum Gasteiger partial charge on any atom is -0.467 e. The van der Waals surface area contributed by atoms with Crippen LogP contribution in [0.25, 0.3) is 0 Å².